The van der Waals surface area contributed by atoms with Crippen LogP contribution in [0.25, 0.3) is 0 Å². The highest BCUT2D eigenvalue weighted by molar-refractivity contribution is 6.20. The molecule has 1 saturated heterocycles. The second-order valence-corrected chi connectivity index (χ2v) is 6.07. The number of piperidine rings is 1. The van der Waals surface area contributed by atoms with Crippen molar-refractivity contribution >= 4 is 17.4 Å². The van der Waals surface area contributed by atoms with Crippen molar-refractivity contribution in [3.05, 3.63) is 12.4 Å². The van der Waals surface area contributed by atoms with Crippen molar-refractivity contribution < 1.29 is 4.74 Å². The number of anilines is 1. The molecule has 0 aromatic carbocycles. The van der Waals surface area contributed by atoms with Gasteiger partial charge >= 0.3 is 0 Å². The smallest absolute Gasteiger partial charge is 0.218 e. The first-order chi connectivity index (χ1) is 9.06. The number of nitrogens with zero attached hydrogens (tertiary/aromatic N) is 3. The van der Waals surface area contributed by atoms with E-state index >= 15 is 0 Å². The van der Waals surface area contributed by atoms with Crippen molar-refractivity contribution in [3.63, 3.8) is 0 Å². The molecule has 2 rings (SSSR count). The summed E-state index contributed by atoms with van der Waals surface area (Å²) in [6.07, 6.45) is 3.94. The van der Waals surface area contributed by atoms with Gasteiger partial charge in [-0.3, -0.25) is 0 Å². The van der Waals surface area contributed by atoms with Crippen LogP contribution in [-0.4, -0.2) is 34.5 Å². The van der Waals surface area contributed by atoms with Gasteiger partial charge in [0.25, 0.3) is 0 Å². The third-order valence-electron chi connectivity index (χ3n) is 3.50. The Labute approximate surface area is 120 Å². The fourth-order valence-electron chi connectivity index (χ4n) is 2.40. The van der Waals surface area contributed by atoms with Crippen LogP contribution in [0.3, 0.4) is 0 Å². The number of rotatable bonds is 4. The first-order valence-corrected chi connectivity index (χ1v) is 7.37. The van der Waals surface area contributed by atoms with Crippen LogP contribution in [0.5, 0.6) is 5.88 Å². The van der Waals surface area contributed by atoms with E-state index in [0.717, 1.165) is 31.7 Å². The lowest BCUT2D eigenvalue weighted by Crippen LogP contribution is -2.36. The second-order valence-electron chi connectivity index (χ2n) is 5.38. The highest BCUT2D eigenvalue weighted by Gasteiger charge is 2.23. The molecule has 1 fully saturated rings. The summed E-state index contributed by atoms with van der Waals surface area (Å²) >= 11 is 6.17. The maximum Gasteiger partial charge on any atom is 0.218 e. The van der Waals surface area contributed by atoms with Crippen molar-refractivity contribution in [2.45, 2.75) is 45.1 Å². The van der Waals surface area contributed by atoms with Crippen LogP contribution < -0.4 is 9.64 Å². The van der Waals surface area contributed by atoms with Gasteiger partial charge in [0.15, 0.2) is 0 Å². The second kappa shape index (κ2) is 6.42. The number of hydrogen-bond donors (Lipinski definition) is 0. The molecular formula is C14H22ClN3O. The molecule has 5 heteroatoms. The molecule has 1 aliphatic rings. The van der Waals surface area contributed by atoms with E-state index in [1.807, 2.05) is 19.9 Å². The first-order valence-electron chi connectivity index (χ1n) is 6.94. The molecular weight excluding hydrogens is 262 g/mol. The molecule has 1 aromatic heterocycles. The van der Waals surface area contributed by atoms with Crippen molar-refractivity contribution in [1.82, 2.24) is 9.97 Å². The lowest BCUT2D eigenvalue weighted by Gasteiger charge is -2.33. The Hall–Kier alpha value is -1.03. The normalized spacial score (nSPS) is 18.7. The zero-order valence-electron chi connectivity index (χ0n) is 11.8. The molecule has 1 aromatic rings. The van der Waals surface area contributed by atoms with Crippen LogP contribution in [0.2, 0.25) is 0 Å². The quantitative estimate of drug-likeness (QED) is 0.796. The van der Waals surface area contributed by atoms with Crippen LogP contribution in [0, 0.1) is 5.92 Å². The Bertz CT molecular complexity index is 403. The molecule has 0 bridgehead atoms. The first kappa shape index (κ1) is 14.4. The molecule has 0 amide bonds. The van der Waals surface area contributed by atoms with Crippen LogP contribution >= 0.6 is 11.6 Å². The van der Waals surface area contributed by atoms with Gasteiger partial charge in [-0.05, 0) is 39.5 Å². The summed E-state index contributed by atoms with van der Waals surface area (Å²) in [5, 5.41) is 0.257. The summed E-state index contributed by atoms with van der Waals surface area (Å²) in [5.74, 6) is 2.21. The highest BCUT2D eigenvalue weighted by Crippen LogP contribution is 2.27. The van der Waals surface area contributed by atoms with E-state index in [4.69, 9.17) is 16.3 Å². The van der Waals surface area contributed by atoms with Gasteiger partial charge in [-0.15, -0.1) is 11.6 Å². The minimum Gasteiger partial charge on any atom is -0.475 e. The maximum absolute atomic E-state index is 6.17. The van der Waals surface area contributed by atoms with Crippen LogP contribution in [0.4, 0.5) is 5.82 Å². The van der Waals surface area contributed by atoms with Gasteiger partial charge in [-0.2, -0.15) is 0 Å². The van der Waals surface area contributed by atoms with Gasteiger partial charge in [-0.25, -0.2) is 9.97 Å². The van der Waals surface area contributed by atoms with Gasteiger partial charge < -0.3 is 9.64 Å². The number of aromatic nitrogens is 2. The molecule has 19 heavy (non-hydrogen) atoms. The standard InChI is InChI=1S/C14H22ClN3O/c1-10(2)19-14-8-13(16-9-17-14)18-6-4-12(5-7-18)11(3)15/h8-12H,4-7H2,1-3H3. The van der Waals surface area contributed by atoms with E-state index in [9.17, 15) is 0 Å². The van der Waals surface area contributed by atoms with Crippen LogP contribution in [-0.2, 0) is 0 Å². The molecule has 1 atom stereocenters. The summed E-state index contributed by atoms with van der Waals surface area (Å²) in [6.45, 7) is 8.07. The van der Waals surface area contributed by atoms with Crippen LogP contribution in [0.1, 0.15) is 33.6 Å². The number of halogens is 1. The lowest BCUT2D eigenvalue weighted by atomic mass is 9.94. The van der Waals surface area contributed by atoms with E-state index in [2.05, 4.69) is 21.8 Å². The Balaban J connectivity index is 1.99. The minimum absolute atomic E-state index is 0.130. The Morgan fingerprint density at radius 2 is 1.95 bits per heavy atom. The summed E-state index contributed by atoms with van der Waals surface area (Å²) in [5.41, 5.74) is 0. The summed E-state index contributed by atoms with van der Waals surface area (Å²) < 4.78 is 5.61. The Kier molecular flexibility index (Phi) is 4.86. The molecule has 1 aliphatic heterocycles. The van der Waals surface area contributed by atoms with Crippen molar-refractivity contribution in [2.24, 2.45) is 5.92 Å². The van der Waals surface area contributed by atoms with Gasteiger partial charge in [0.1, 0.15) is 12.1 Å². The van der Waals surface area contributed by atoms with Crippen molar-refractivity contribution in [1.29, 1.82) is 0 Å². The molecule has 106 valence electrons. The minimum atomic E-state index is 0.130. The molecule has 2 heterocycles. The average molecular weight is 284 g/mol. The Morgan fingerprint density at radius 1 is 1.26 bits per heavy atom. The fraction of sp³-hybridized carbons (Fsp3) is 0.714. The predicted molar refractivity (Wildman–Crippen MR) is 78.0 cm³/mol. The summed E-state index contributed by atoms with van der Waals surface area (Å²) in [7, 11) is 0. The third kappa shape index (κ3) is 3.96. The van der Waals surface area contributed by atoms with Crippen molar-refractivity contribution in [2.75, 3.05) is 18.0 Å². The monoisotopic (exact) mass is 283 g/mol. The zero-order valence-corrected chi connectivity index (χ0v) is 12.6. The van der Waals surface area contributed by atoms with Crippen molar-refractivity contribution in [3.8, 4) is 5.88 Å². The molecule has 4 nitrogen and oxygen atoms in total. The van der Waals surface area contributed by atoms with Gasteiger partial charge in [0.2, 0.25) is 5.88 Å². The zero-order chi connectivity index (χ0) is 13.8. The van der Waals surface area contributed by atoms with Gasteiger partial charge in [0.05, 0.1) is 6.10 Å². The predicted octanol–water partition coefficient (Wildman–Crippen LogP) is 3.11. The molecule has 0 N–H and O–H groups in total. The topological polar surface area (TPSA) is 38.2 Å². The van der Waals surface area contributed by atoms with Gasteiger partial charge in [-0.1, -0.05) is 0 Å². The summed E-state index contributed by atoms with van der Waals surface area (Å²) in [4.78, 5) is 10.8. The van der Waals surface area contributed by atoms with Gasteiger partial charge in [0, 0.05) is 24.5 Å². The van der Waals surface area contributed by atoms with E-state index in [1.165, 1.54) is 0 Å². The summed E-state index contributed by atoms with van der Waals surface area (Å²) in [6, 6.07) is 1.92. The van der Waals surface area contributed by atoms with E-state index < -0.39 is 0 Å². The SMILES string of the molecule is CC(C)Oc1cc(N2CCC(C(C)Cl)CC2)ncn1. The Morgan fingerprint density at radius 3 is 2.53 bits per heavy atom. The highest BCUT2D eigenvalue weighted by atomic mass is 35.5. The van der Waals surface area contributed by atoms with Crippen LogP contribution in [0.15, 0.2) is 12.4 Å². The molecule has 0 radical (unpaired) electrons. The molecule has 1 unspecified atom stereocenters. The van der Waals surface area contributed by atoms with E-state index in [1.54, 1.807) is 6.33 Å². The third-order valence-corrected chi connectivity index (χ3v) is 3.85. The van der Waals surface area contributed by atoms with E-state index in [0.29, 0.717) is 11.8 Å². The molecule has 0 saturated carbocycles. The number of ether oxygens (including phenoxy) is 1. The van der Waals surface area contributed by atoms with E-state index in [-0.39, 0.29) is 11.5 Å². The number of alkyl halides is 1. The fourth-order valence-corrected chi connectivity index (χ4v) is 2.65. The maximum atomic E-state index is 6.17. The molecule has 0 aliphatic carbocycles. The average Bonchev–Trinajstić information content (AvgIpc) is 2.38. The lowest BCUT2D eigenvalue weighted by molar-refractivity contribution is 0.232. The largest absolute Gasteiger partial charge is 0.475 e. The number of hydrogen-bond acceptors (Lipinski definition) is 4. The molecule has 0 spiro atoms.